The summed E-state index contributed by atoms with van der Waals surface area (Å²) in [6.07, 6.45) is -0.164. The summed E-state index contributed by atoms with van der Waals surface area (Å²) in [5.74, 6) is -1.04. The lowest BCUT2D eigenvalue weighted by atomic mass is 10.2. The van der Waals surface area contributed by atoms with Gasteiger partial charge in [0.05, 0.1) is 11.1 Å². The second-order valence-corrected chi connectivity index (χ2v) is 4.27. The highest BCUT2D eigenvalue weighted by molar-refractivity contribution is 6.36. The lowest BCUT2D eigenvalue weighted by Crippen LogP contribution is -2.17. The Bertz CT molecular complexity index is 420. The van der Waals surface area contributed by atoms with Gasteiger partial charge in [0.1, 0.15) is 12.2 Å². The molecule has 94 valence electrons. The van der Waals surface area contributed by atoms with Crippen LogP contribution in [0, 0.1) is 0 Å². The molecule has 0 heterocycles. The fourth-order valence-corrected chi connectivity index (χ4v) is 1.68. The van der Waals surface area contributed by atoms with Gasteiger partial charge in [-0.2, -0.15) is 0 Å². The van der Waals surface area contributed by atoms with Crippen LogP contribution in [0.15, 0.2) is 12.1 Å². The Morgan fingerprint density at radius 2 is 2.12 bits per heavy atom. The third-order valence-electron chi connectivity index (χ3n) is 2.10. The van der Waals surface area contributed by atoms with Gasteiger partial charge < -0.3 is 14.6 Å². The van der Waals surface area contributed by atoms with E-state index in [1.807, 2.05) is 0 Å². The zero-order chi connectivity index (χ0) is 13.0. The second kappa shape index (κ2) is 6.10. The quantitative estimate of drug-likeness (QED) is 0.899. The van der Waals surface area contributed by atoms with Crippen LogP contribution in [0.2, 0.25) is 10.0 Å². The number of methoxy groups -OCH3 is 1. The van der Waals surface area contributed by atoms with E-state index in [1.54, 1.807) is 6.92 Å². The van der Waals surface area contributed by atoms with Crippen LogP contribution in [-0.2, 0) is 4.74 Å². The van der Waals surface area contributed by atoms with Crippen molar-refractivity contribution in [3.05, 3.63) is 27.7 Å². The number of carbonyl (C=O) groups is 1. The number of aromatic carboxylic acids is 1. The summed E-state index contributed by atoms with van der Waals surface area (Å²) in [6.45, 7) is 2.00. The van der Waals surface area contributed by atoms with E-state index < -0.39 is 5.97 Å². The molecule has 0 bridgehead atoms. The molecule has 0 spiro atoms. The second-order valence-electron chi connectivity index (χ2n) is 3.43. The molecule has 1 N–H and O–H groups in total. The largest absolute Gasteiger partial charge is 0.488 e. The van der Waals surface area contributed by atoms with E-state index in [4.69, 9.17) is 37.8 Å². The van der Waals surface area contributed by atoms with Gasteiger partial charge in [-0.05, 0) is 19.1 Å². The molecule has 0 aliphatic rings. The molecule has 0 radical (unpaired) electrons. The molecule has 0 aromatic heterocycles. The van der Waals surface area contributed by atoms with Gasteiger partial charge in [-0.25, -0.2) is 4.79 Å². The Morgan fingerprint density at radius 1 is 1.47 bits per heavy atom. The summed E-state index contributed by atoms with van der Waals surface area (Å²) in [7, 11) is 1.54. The minimum Gasteiger partial charge on any atom is -0.488 e. The summed E-state index contributed by atoms with van der Waals surface area (Å²) >= 11 is 11.6. The fourth-order valence-electron chi connectivity index (χ4n) is 1.13. The number of rotatable bonds is 5. The molecular weight excluding hydrogens is 267 g/mol. The zero-order valence-corrected chi connectivity index (χ0v) is 10.9. The molecular formula is C11H12Cl2O4. The molecule has 0 saturated heterocycles. The summed E-state index contributed by atoms with van der Waals surface area (Å²) in [4.78, 5) is 11.0. The average molecular weight is 279 g/mol. The first-order valence-corrected chi connectivity index (χ1v) is 5.59. The molecule has 0 amide bonds. The topological polar surface area (TPSA) is 55.8 Å². The van der Waals surface area contributed by atoms with Crippen molar-refractivity contribution in [1.82, 2.24) is 0 Å². The van der Waals surface area contributed by atoms with Gasteiger partial charge in [-0.1, -0.05) is 23.2 Å². The SMILES string of the molecule is COC(C)COc1c(Cl)cc(Cl)cc1C(=O)O. The van der Waals surface area contributed by atoms with Crippen LogP contribution in [0.1, 0.15) is 17.3 Å². The monoisotopic (exact) mass is 278 g/mol. The van der Waals surface area contributed by atoms with Crippen LogP contribution >= 0.6 is 23.2 Å². The molecule has 0 aliphatic heterocycles. The van der Waals surface area contributed by atoms with Gasteiger partial charge in [0.15, 0.2) is 5.75 Å². The maximum Gasteiger partial charge on any atom is 0.339 e. The number of benzene rings is 1. The van der Waals surface area contributed by atoms with E-state index in [-0.39, 0.29) is 34.1 Å². The van der Waals surface area contributed by atoms with Crippen molar-refractivity contribution in [3.8, 4) is 5.75 Å². The predicted molar refractivity (Wildman–Crippen MR) is 65.4 cm³/mol. The molecule has 4 nitrogen and oxygen atoms in total. The minimum absolute atomic E-state index is 0.0641. The molecule has 1 rings (SSSR count). The van der Waals surface area contributed by atoms with Crippen molar-refractivity contribution >= 4 is 29.2 Å². The molecule has 0 aliphatic carbocycles. The van der Waals surface area contributed by atoms with E-state index in [9.17, 15) is 4.79 Å². The molecule has 1 unspecified atom stereocenters. The van der Waals surface area contributed by atoms with Gasteiger partial charge in [0.2, 0.25) is 0 Å². The normalized spacial score (nSPS) is 12.2. The molecule has 6 heteroatoms. The fraction of sp³-hybridized carbons (Fsp3) is 0.364. The lowest BCUT2D eigenvalue weighted by Gasteiger charge is -2.14. The number of halogens is 2. The maximum atomic E-state index is 11.0. The van der Waals surface area contributed by atoms with Crippen molar-refractivity contribution in [1.29, 1.82) is 0 Å². The molecule has 1 atom stereocenters. The Hall–Kier alpha value is -0.970. The third-order valence-corrected chi connectivity index (χ3v) is 2.60. The number of hydrogen-bond donors (Lipinski definition) is 1. The van der Waals surface area contributed by atoms with Crippen molar-refractivity contribution in [2.75, 3.05) is 13.7 Å². The van der Waals surface area contributed by atoms with E-state index in [2.05, 4.69) is 0 Å². The van der Waals surface area contributed by atoms with Crippen LogP contribution in [0.3, 0.4) is 0 Å². The maximum absolute atomic E-state index is 11.0. The Kier molecular flexibility index (Phi) is 5.05. The highest BCUT2D eigenvalue weighted by Gasteiger charge is 2.17. The van der Waals surface area contributed by atoms with Gasteiger partial charge in [-0.15, -0.1) is 0 Å². The van der Waals surface area contributed by atoms with E-state index >= 15 is 0 Å². The van der Waals surface area contributed by atoms with Crippen LogP contribution < -0.4 is 4.74 Å². The smallest absolute Gasteiger partial charge is 0.339 e. The van der Waals surface area contributed by atoms with Gasteiger partial charge in [0, 0.05) is 12.1 Å². The van der Waals surface area contributed by atoms with Crippen LogP contribution in [0.25, 0.3) is 0 Å². The molecule has 1 aromatic rings. The summed E-state index contributed by atoms with van der Waals surface area (Å²) in [5, 5.41) is 9.42. The van der Waals surface area contributed by atoms with Crippen LogP contribution in [0.5, 0.6) is 5.75 Å². The highest BCUT2D eigenvalue weighted by atomic mass is 35.5. The van der Waals surface area contributed by atoms with Crippen molar-refractivity contribution < 1.29 is 19.4 Å². The number of ether oxygens (including phenoxy) is 2. The van der Waals surface area contributed by atoms with E-state index in [0.717, 1.165) is 0 Å². The molecule has 17 heavy (non-hydrogen) atoms. The third kappa shape index (κ3) is 3.77. The van der Waals surface area contributed by atoms with Crippen molar-refractivity contribution in [2.24, 2.45) is 0 Å². The Morgan fingerprint density at radius 3 is 2.65 bits per heavy atom. The van der Waals surface area contributed by atoms with E-state index in [1.165, 1.54) is 19.2 Å². The van der Waals surface area contributed by atoms with Gasteiger partial charge >= 0.3 is 5.97 Å². The first-order chi connectivity index (χ1) is 7.95. The molecule has 1 aromatic carbocycles. The summed E-state index contributed by atoms with van der Waals surface area (Å²) in [6, 6.07) is 2.73. The van der Waals surface area contributed by atoms with Crippen molar-refractivity contribution in [3.63, 3.8) is 0 Å². The Labute approximate surface area is 109 Å². The first kappa shape index (κ1) is 14.1. The van der Waals surface area contributed by atoms with Crippen LogP contribution in [0.4, 0.5) is 0 Å². The van der Waals surface area contributed by atoms with Crippen molar-refractivity contribution in [2.45, 2.75) is 13.0 Å². The lowest BCUT2D eigenvalue weighted by molar-refractivity contribution is 0.0646. The summed E-state index contributed by atoms with van der Waals surface area (Å²) < 4.78 is 10.3. The number of carboxylic acid groups (broad SMARTS) is 1. The first-order valence-electron chi connectivity index (χ1n) is 4.83. The highest BCUT2D eigenvalue weighted by Crippen LogP contribution is 2.32. The average Bonchev–Trinajstić information content (AvgIpc) is 2.26. The standard InChI is InChI=1S/C11H12Cl2O4/c1-6(16-2)5-17-10-8(11(14)15)3-7(12)4-9(10)13/h3-4,6H,5H2,1-2H3,(H,14,15). The number of hydrogen-bond acceptors (Lipinski definition) is 3. The van der Waals surface area contributed by atoms with E-state index in [0.29, 0.717) is 0 Å². The molecule has 0 fully saturated rings. The zero-order valence-electron chi connectivity index (χ0n) is 9.37. The Balaban J connectivity index is 3.00. The van der Waals surface area contributed by atoms with Crippen LogP contribution in [-0.4, -0.2) is 30.9 Å². The molecule has 0 saturated carbocycles. The van der Waals surface area contributed by atoms with Gasteiger partial charge in [0.25, 0.3) is 0 Å². The minimum atomic E-state index is -1.14. The number of carboxylic acids is 1. The summed E-state index contributed by atoms with van der Waals surface area (Å²) in [5.41, 5.74) is -0.0641. The predicted octanol–water partition coefficient (Wildman–Crippen LogP) is 3.11. The van der Waals surface area contributed by atoms with Gasteiger partial charge in [-0.3, -0.25) is 0 Å².